The van der Waals surface area contributed by atoms with Crippen molar-refractivity contribution in [2.75, 3.05) is 7.11 Å². The number of carbonyl (C=O) groups is 2. The van der Waals surface area contributed by atoms with Crippen molar-refractivity contribution < 1.29 is 14.3 Å². The Labute approximate surface area is 133 Å². The van der Waals surface area contributed by atoms with Gasteiger partial charge in [-0.25, -0.2) is 0 Å². The monoisotopic (exact) mass is 318 g/mol. The van der Waals surface area contributed by atoms with Gasteiger partial charge in [0.25, 0.3) is 11.8 Å². The van der Waals surface area contributed by atoms with Crippen LogP contribution in [0.5, 0.6) is 5.75 Å². The molecule has 0 fully saturated rings. The second-order valence-corrected chi connectivity index (χ2v) is 5.06. The lowest BCUT2D eigenvalue weighted by molar-refractivity contribution is 0.0845. The molecule has 2 amide bonds. The third-order valence-corrected chi connectivity index (χ3v) is 3.25. The van der Waals surface area contributed by atoms with E-state index in [1.54, 1.807) is 36.4 Å². The number of halogens is 1. The average molecular weight is 319 g/mol. The topological polar surface area (TPSA) is 67.4 Å². The fourth-order valence-corrected chi connectivity index (χ4v) is 1.98. The van der Waals surface area contributed by atoms with Gasteiger partial charge in [0, 0.05) is 10.6 Å². The highest BCUT2D eigenvalue weighted by molar-refractivity contribution is 6.30. The Bertz CT molecular complexity index is 699. The molecule has 0 bridgehead atoms. The second kappa shape index (κ2) is 6.95. The van der Waals surface area contributed by atoms with Gasteiger partial charge in [-0.15, -0.1) is 0 Å². The van der Waals surface area contributed by atoms with Crippen LogP contribution in [-0.4, -0.2) is 18.9 Å². The summed E-state index contributed by atoms with van der Waals surface area (Å²) in [5.41, 5.74) is 6.36. The molecule has 0 unspecified atom stereocenters. The van der Waals surface area contributed by atoms with E-state index in [9.17, 15) is 9.59 Å². The van der Waals surface area contributed by atoms with Crippen molar-refractivity contribution in [1.82, 2.24) is 10.9 Å². The molecule has 0 radical (unpaired) electrons. The van der Waals surface area contributed by atoms with E-state index in [0.717, 1.165) is 5.56 Å². The molecule has 0 atom stereocenters. The number of amides is 2. The summed E-state index contributed by atoms with van der Waals surface area (Å²) in [6.45, 7) is 1.86. The van der Waals surface area contributed by atoms with Gasteiger partial charge >= 0.3 is 0 Å². The first-order chi connectivity index (χ1) is 10.5. The summed E-state index contributed by atoms with van der Waals surface area (Å²) in [6, 6.07) is 11.5. The Morgan fingerprint density at radius 2 is 1.64 bits per heavy atom. The minimum absolute atomic E-state index is 0.346. The molecule has 6 heteroatoms. The summed E-state index contributed by atoms with van der Waals surface area (Å²) in [7, 11) is 1.48. The number of methoxy groups -OCH3 is 1. The Balaban J connectivity index is 2.05. The maximum absolute atomic E-state index is 12.1. The van der Waals surface area contributed by atoms with Crippen LogP contribution in [0, 0.1) is 6.92 Å². The Kier molecular flexibility index (Phi) is 5.01. The first-order valence-corrected chi connectivity index (χ1v) is 6.90. The number of benzene rings is 2. The van der Waals surface area contributed by atoms with Crippen molar-refractivity contribution in [3.05, 3.63) is 64.2 Å². The van der Waals surface area contributed by atoms with Gasteiger partial charge in [0.2, 0.25) is 0 Å². The van der Waals surface area contributed by atoms with Gasteiger partial charge in [-0.3, -0.25) is 20.4 Å². The predicted octanol–water partition coefficient (Wildman–Crippen LogP) is 2.73. The summed E-state index contributed by atoms with van der Waals surface area (Å²) < 4.78 is 5.14. The summed E-state index contributed by atoms with van der Waals surface area (Å²) in [5.74, 6) is -0.455. The molecule has 2 aromatic carbocycles. The van der Waals surface area contributed by atoms with E-state index in [2.05, 4.69) is 10.9 Å². The van der Waals surface area contributed by atoms with Crippen LogP contribution < -0.4 is 15.6 Å². The molecule has 0 aliphatic rings. The van der Waals surface area contributed by atoms with Gasteiger partial charge in [-0.2, -0.15) is 0 Å². The van der Waals surface area contributed by atoms with Gasteiger partial charge < -0.3 is 4.74 Å². The molecule has 0 aliphatic heterocycles. The molecule has 0 saturated carbocycles. The molecular weight excluding hydrogens is 304 g/mol. The number of hydrazine groups is 1. The lowest BCUT2D eigenvalue weighted by atomic mass is 10.1. The highest BCUT2D eigenvalue weighted by Gasteiger charge is 2.13. The number of aryl methyl sites for hydroxylation is 1. The molecule has 0 heterocycles. The second-order valence-electron chi connectivity index (χ2n) is 4.62. The van der Waals surface area contributed by atoms with Crippen molar-refractivity contribution in [1.29, 1.82) is 0 Å². The fourth-order valence-electron chi connectivity index (χ4n) is 1.85. The van der Waals surface area contributed by atoms with Gasteiger partial charge in [0.05, 0.1) is 12.7 Å². The predicted molar refractivity (Wildman–Crippen MR) is 84.1 cm³/mol. The van der Waals surface area contributed by atoms with Crippen LogP contribution in [0.25, 0.3) is 0 Å². The van der Waals surface area contributed by atoms with Crippen molar-refractivity contribution in [3.63, 3.8) is 0 Å². The molecule has 2 aromatic rings. The number of nitrogens with one attached hydrogen (secondary N) is 2. The lowest BCUT2D eigenvalue weighted by Gasteiger charge is -2.11. The van der Waals surface area contributed by atoms with E-state index in [1.165, 1.54) is 7.11 Å². The van der Waals surface area contributed by atoms with Crippen LogP contribution in [0.2, 0.25) is 5.02 Å². The van der Waals surface area contributed by atoms with Gasteiger partial charge in [-0.1, -0.05) is 23.2 Å². The zero-order valence-corrected chi connectivity index (χ0v) is 12.9. The lowest BCUT2D eigenvalue weighted by Crippen LogP contribution is -2.41. The summed E-state index contributed by atoms with van der Waals surface area (Å²) in [6.07, 6.45) is 0. The largest absolute Gasteiger partial charge is 0.496 e. The molecule has 0 aliphatic carbocycles. The van der Waals surface area contributed by atoms with Crippen molar-refractivity contribution >= 4 is 23.4 Å². The molecule has 22 heavy (non-hydrogen) atoms. The molecule has 5 nitrogen and oxygen atoms in total. The van der Waals surface area contributed by atoms with Crippen molar-refractivity contribution in [2.24, 2.45) is 0 Å². The minimum Gasteiger partial charge on any atom is -0.496 e. The van der Waals surface area contributed by atoms with Gasteiger partial charge in [0.15, 0.2) is 0 Å². The highest BCUT2D eigenvalue weighted by Crippen LogP contribution is 2.19. The van der Waals surface area contributed by atoms with E-state index in [0.29, 0.717) is 21.9 Å². The van der Waals surface area contributed by atoms with E-state index in [-0.39, 0.29) is 0 Å². The van der Waals surface area contributed by atoms with Crippen LogP contribution in [0.3, 0.4) is 0 Å². The maximum atomic E-state index is 12.1. The van der Waals surface area contributed by atoms with Crippen LogP contribution >= 0.6 is 11.6 Å². The Hall–Kier alpha value is -2.53. The number of rotatable bonds is 3. The highest BCUT2D eigenvalue weighted by atomic mass is 35.5. The van der Waals surface area contributed by atoms with E-state index in [4.69, 9.17) is 16.3 Å². The van der Waals surface area contributed by atoms with Gasteiger partial charge in [0.1, 0.15) is 5.75 Å². The van der Waals surface area contributed by atoms with Crippen LogP contribution in [-0.2, 0) is 0 Å². The number of hydrogen-bond acceptors (Lipinski definition) is 3. The maximum Gasteiger partial charge on any atom is 0.273 e. The minimum atomic E-state index is -0.456. The van der Waals surface area contributed by atoms with E-state index in [1.807, 2.05) is 13.0 Å². The summed E-state index contributed by atoms with van der Waals surface area (Å²) >= 11 is 5.76. The zero-order chi connectivity index (χ0) is 16.1. The molecule has 0 saturated heterocycles. The SMILES string of the molecule is COc1ccc(C)cc1C(=O)NNC(=O)c1ccc(Cl)cc1. The number of hydrogen-bond donors (Lipinski definition) is 2. The number of carbonyl (C=O) groups excluding carboxylic acids is 2. The van der Waals surface area contributed by atoms with Gasteiger partial charge in [-0.05, 0) is 43.3 Å². The Morgan fingerprint density at radius 1 is 1.00 bits per heavy atom. The van der Waals surface area contributed by atoms with Crippen molar-refractivity contribution in [3.8, 4) is 5.75 Å². The quantitative estimate of drug-likeness (QED) is 0.855. The molecule has 114 valence electrons. The third-order valence-electron chi connectivity index (χ3n) is 3.00. The first kappa shape index (κ1) is 15.9. The normalized spacial score (nSPS) is 9.95. The number of ether oxygens (including phenoxy) is 1. The van der Waals surface area contributed by atoms with Crippen LogP contribution in [0.4, 0.5) is 0 Å². The van der Waals surface area contributed by atoms with E-state index < -0.39 is 11.8 Å². The van der Waals surface area contributed by atoms with E-state index >= 15 is 0 Å². The molecule has 0 aromatic heterocycles. The van der Waals surface area contributed by atoms with Crippen LogP contribution in [0.1, 0.15) is 26.3 Å². The molecule has 0 spiro atoms. The first-order valence-electron chi connectivity index (χ1n) is 6.52. The van der Waals surface area contributed by atoms with Crippen molar-refractivity contribution in [2.45, 2.75) is 6.92 Å². The summed E-state index contributed by atoms with van der Waals surface area (Å²) in [5, 5.41) is 0.532. The third kappa shape index (κ3) is 3.77. The zero-order valence-electron chi connectivity index (χ0n) is 12.1. The fraction of sp³-hybridized carbons (Fsp3) is 0.125. The molecular formula is C16H15ClN2O3. The average Bonchev–Trinajstić information content (AvgIpc) is 2.53. The van der Waals surface area contributed by atoms with Crippen LogP contribution in [0.15, 0.2) is 42.5 Å². The smallest absolute Gasteiger partial charge is 0.273 e. The standard InChI is InChI=1S/C16H15ClN2O3/c1-10-3-8-14(22-2)13(9-10)16(21)19-18-15(20)11-4-6-12(17)7-5-11/h3-9H,1-2H3,(H,18,20)(H,19,21). The molecule has 2 N–H and O–H groups in total. The summed E-state index contributed by atoms with van der Waals surface area (Å²) in [4.78, 5) is 24.1. The molecule has 2 rings (SSSR count). The Morgan fingerprint density at radius 3 is 2.27 bits per heavy atom.